The van der Waals surface area contributed by atoms with Crippen LogP contribution in [0.25, 0.3) is 0 Å². The lowest BCUT2D eigenvalue weighted by molar-refractivity contribution is -0.125. The molecule has 190 valence electrons. The number of benzene rings is 3. The van der Waals surface area contributed by atoms with Crippen molar-refractivity contribution in [1.29, 1.82) is 0 Å². The van der Waals surface area contributed by atoms with E-state index in [-0.39, 0.29) is 16.9 Å². The SMILES string of the molecule is C=C(C)C[C@H](CCCO[Si](c1ccccc1)(c1ccccc1)C(C)(C)C)C(=O)NCc1ccccc1. The molecule has 3 rings (SSSR count). The van der Waals surface area contributed by atoms with E-state index in [4.69, 9.17) is 4.43 Å². The van der Waals surface area contributed by atoms with Gasteiger partial charge in [0.05, 0.1) is 0 Å². The van der Waals surface area contributed by atoms with Crippen molar-refractivity contribution in [3.63, 3.8) is 0 Å². The fourth-order valence-electron chi connectivity index (χ4n) is 4.99. The van der Waals surface area contributed by atoms with Crippen molar-refractivity contribution < 1.29 is 9.22 Å². The standard InChI is InChI=1S/C32H41NO2Si/c1-26(2)24-28(31(34)33-25-27-16-9-6-10-17-27)18-15-23-35-36(32(3,4)5,29-19-11-7-12-20-29)30-21-13-8-14-22-30/h6-14,16-17,19-22,28H,1,15,18,23-25H2,2-5H3,(H,33,34)/t28-/m0/s1. The summed E-state index contributed by atoms with van der Waals surface area (Å²) in [7, 11) is -2.56. The fraction of sp³-hybridized carbons (Fsp3) is 0.344. The maximum atomic E-state index is 13.1. The van der Waals surface area contributed by atoms with Crippen molar-refractivity contribution in [2.75, 3.05) is 6.61 Å². The predicted molar refractivity (Wildman–Crippen MR) is 154 cm³/mol. The summed E-state index contributed by atoms with van der Waals surface area (Å²) in [5, 5.41) is 5.63. The molecular weight excluding hydrogens is 458 g/mol. The van der Waals surface area contributed by atoms with Gasteiger partial charge in [-0.3, -0.25) is 4.79 Å². The van der Waals surface area contributed by atoms with Gasteiger partial charge in [0.1, 0.15) is 0 Å². The van der Waals surface area contributed by atoms with Crippen molar-refractivity contribution >= 4 is 24.6 Å². The van der Waals surface area contributed by atoms with Gasteiger partial charge >= 0.3 is 0 Å². The first kappa shape index (κ1) is 27.6. The molecule has 3 nitrogen and oxygen atoms in total. The smallest absolute Gasteiger partial charge is 0.261 e. The maximum Gasteiger partial charge on any atom is 0.261 e. The largest absolute Gasteiger partial charge is 0.407 e. The van der Waals surface area contributed by atoms with Crippen LogP contribution in [0.2, 0.25) is 5.04 Å². The van der Waals surface area contributed by atoms with E-state index in [1.165, 1.54) is 10.4 Å². The number of nitrogens with one attached hydrogen (secondary N) is 1. The number of amides is 1. The number of allylic oxidation sites excluding steroid dienone is 1. The molecule has 1 atom stereocenters. The minimum absolute atomic E-state index is 0.0557. The molecule has 0 aliphatic rings. The summed E-state index contributed by atoms with van der Waals surface area (Å²) in [6, 6.07) is 31.4. The second kappa shape index (κ2) is 12.8. The number of rotatable bonds is 12. The molecule has 3 aromatic rings. The first-order valence-corrected chi connectivity index (χ1v) is 14.9. The monoisotopic (exact) mass is 499 g/mol. The summed E-state index contributed by atoms with van der Waals surface area (Å²) in [6.45, 7) is 14.1. The Balaban J connectivity index is 1.73. The van der Waals surface area contributed by atoms with Crippen molar-refractivity contribution in [2.24, 2.45) is 5.92 Å². The lowest BCUT2D eigenvalue weighted by atomic mass is 9.95. The molecule has 0 aliphatic heterocycles. The molecule has 1 amide bonds. The van der Waals surface area contributed by atoms with Gasteiger partial charge in [-0.05, 0) is 47.2 Å². The molecule has 0 aliphatic carbocycles. The quantitative estimate of drug-likeness (QED) is 0.182. The third-order valence-electron chi connectivity index (χ3n) is 6.71. The first-order valence-electron chi connectivity index (χ1n) is 12.9. The van der Waals surface area contributed by atoms with Crippen LogP contribution < -0.4 is 15.7 Å². The van der Waals surface area contributed by atoms with Crippen LogP contribution in [0.4, 0.5) is 0 Å². The molecule has 1 N–H and O–H groups in total. The van der Waals surface area contributed by atoms with E-state index in [0.717, 1.165) is 24.0 Å². The molecule has 0 saturated carbocycles. The minimum Gasteiger partial charge on any atom is -0.407 e. The summed E-state index contributed by atoms with van der Waals surface area (Å²) >= 11 is 0. The third-order valence-corrected chi connectivity index (χ3v) is 11.7. The molecule has 3 aromatic carbocycles. The summed E-state index contributed by atoms with van der Waals surface area (Å²) in [4.78, 5) is 13.1. The Hall–Kier alpha value is -2.95. The van der Waals surface area contributed by atoms with Crippen LogP contribution in [-0.4, -0.2) is 20.8 Å². The van der Waals surface area contributed by atoms with Crippen LogP contribution in [0, 0.1) is 5.92 Å². The lowest BCUT2D eigenvalue weighted by Crippen LogP contribution is -2.66. The fourth-order valence-corrected chi connectivity index (χ4v) is 9.60. The zero-order chi connectivity index (χ0) is 26.0. The molecule has 0 radical (unpaired) electrons. The zero-order valence-corrected chi connectivity index (χ0v) is 23.3. The Morgan fingerprint density at radius 3 is 1.86 bits per heavy atom. The number of carbonyl (C=O) groups excluding carboxylic acids is 1. The second-order valence-electron chi connectivity index (χ2n) is 10.7. The van der Waals surface area contributed by atoms with E-state index >= 15 is 0 Å². The van der Waals surface area contributed by atoms with Crippen LogP contribution in [0.5, 0.6) is 0 Å². The van der Waals surface area contributed by atoms with Gasteiger partial charge in [0.15, 0.2) is 0 Å². The second-order valence-corrected chi connectivity index (χ2v) is 15.0. The van der Waals surface area contributed by atoms with Crippen LogP contribution >= 0.6 is 0 Å². The normalized spacial score (nSPS) is 12.7. The average Bonchev–Trinajstić information content (AvgIpc) is 2.87. The van der Waals surface area contributed by atoms with Gasteiger partial charge in [0.2, 0.25) is 5.91 Å². The van der Waals surface area contributed by atoms with Crippen LogP contribution in [0.1, 0.15) is 52.5 Å². The van der Waals surface area contributed by atoms with Crippen molar-refractivity contribution in [3.05, 3.63) is 109 Å². The molecule has 0 unspecified atom stereocenters. The van der Waals surface area contributed by atoms with E-state index in [0.29, 0.717) is 19.6 Å². The Morgan fingerprint density at radius 2 is 1.39 bits per heavy atom. The van der Waals surface area contributed by atoms with Crippen LogP contribution in [0.15, 0.2) is 103 Å². The number of hydrogen-bond acceptors (Lipinski definition) is 2. The summed E-state index contributed by atoms with van der Waals surface area (Å²) in [6.07, 6.45) is 2.28. The Morgan fingerprint density at radius 1 is 0.889 bits per heavy atom. The van der Waals surface area contributed by atoms with Crippen LogP contribution in [-0.2, 0) is 15.8 Å². The van der Waals surface area contributed by atoms with Gasteiger partial charge in [0, 0.05) is 19.1 Å². The van der Waals surface area contributed by atoms with Crippen molar-refractivity contribution in [1.82, 2.24) is 5.32 Å². The predicted octanol–water partition coefficient (Wildman–Crippen LogP) is 6.24. The molecule has 0 saturated heterocycles. The van der Waals surface area contributed by atoms with Crippen molar-refractivity contribution in [3.8, 4) is 0 Å². The van der Waals surface area contributed by atoms with Crippen molar-refractivity contribution in [2.45, 2.75) is 58.5 Å². The van der Waals surface area contributed by atoms with E-state index in [1.54, 1.807) is 0 Å². The molecule has 0 fully saturated rings. The van der Waals surface area contributed by atoms with E-state index in [9.17, 15) is 4.79 Å². The summed E-state index contributed by atoms with van der Waals surface area (Å²) in [5.74, 6) is -0.0127. The average molecular weight is 500 g/mol. The van der Waals surface area contributed by atoms with Crippen LogP contribution in [0.3, 0.4) is 0 Å². The van der Waals surface area contributed by atoms with E-state index < -0.39 is 8.32 Å². The molecule has 0 heterocycles. The molecule has 0 spiro atoms. The zero-order valence-electron chi connectivity index (χ0n) is 22.3. The molecular formula is C32H41NO2Si. The van der Waals surface area contributed by atoms with Gasteiger partial charge in [0.25, 0.3) is 8.32 Å². The molecule has 0 bridgehead atoms. The first-order chi connectivity index (χ1) is 17.2. The molecule has 4 heteroatoms. The highest BCUT2D eigenvalue weighted by Crippen LogP contribution is 2.37. The molecule has 36 heavy (non-hydrogen) atoms. The topological polar surface area (TPSA) is 38.3 Å². The Bertz CT molecular complexity index is 1050. The number of hydrogen-bond donors (Lipinski definition) is 1. The maximum absolute atomic E-state index is 13.1. The highest BCUT2D eigenvalue weighted by molar-refractivity contribution is 6.99. The highest BCUT2D eigenvalue weighted by atomic mass is 28.4. The molecule has 0 aromatic heterocycles. The Labute approximate surface area is 218 Å². The highest BCUT2D eigenvalue weighted by Gasteiger charge is 2.49. The van der Waals surface area contributed by atoms with Gasteiger partial charge in [-0.1, -0.05) is 117 Å². The summed E-state index contributed by atoms with van der Waals surface area (Å²) < 4.78 is 7.02. The minimum atomic E-state index is -2.56. The van der Waals surface area contributed by atoms with Gasteiger partial charge in [-0.15, -0.1) is 6.58 Å². The lowest BCUT2D eigenvalue weighted by Gasteiger charge is -2.43. The van der Waals surface area contributed by atoms with E-state index in [2.05, 4.69) is 93.3 Å². The number of carbonyl (C=O) groups is 1. The van der Waals surface area contributed by atoms with Gasteiger partial charge in [-0.2, -0.15) is 0 Å². The van der Waals surface area contributed by atoms with E-state index in [1.807, 2.05) is 37.3 Å². The van der Waals surface area contributed by atoms with Gasteiger partial charge in [-0.25, -0.2) is 0 Å². The van der Waals surface area contributed by atoms with Gasteiger partial charge < -0.3 is 9.74 Å². The summed E-state index contributed by atoms with van der Waals surface area (Å²) in [5.41, 5.74) is 2.14. The Kier molecular flexibility index (Phi) is 9.86. The third kappa shape index (κ3) is 7.05.